The molecular weight excluding hydrogens is 353 g/mol. The number of hydrogen-bond acceptors (Lipinski definition) is 4. The van der Waals surface area contributed by atoms with E-state index in [2.05, 4.69) is 45.3 Å². The first-order chi connectivity index (χ1) is 13.8. The quantitative estimate of drug-likeness (QED) is 0.685. The summed E-state index contributed by atoms with van der Waals surface area (Å²) in [6, 6.07) is 18.0. The second-order valence-electron chi connectivity index (χ2n) is 7.80. The normalized spacial score (nSPS) is 20.4. The molecule has 1 fully saturated rings. The Hall–Kier alpha value is -2.50. The zero-order valence-electron chi connectivity index (χ0n) is 15.9. The van der Waals surface area contributed by atoms with Crippen LogP contribution in [-0.4, -0.2) is 40.6 Å². The molecule has 2 aliphatic rings. The maximum absolute atomic E-state index is 14.3. The zero-order chi connectivity index (χ0) is 18.9. The van der Waals surface area contributed by atoms with Crippen molar-refractivity contribution in [1.29, 1.82) is 0 Å². The van der Waals surface area contributed by atoms with Crippen LogP contribution in [0.4, 0.5) is 4.39 Å². The van der Waals surface area contributed by atoms with Gasteiger partial charge in [-0.1, -0.05) is 47.6 Å². The highest BCUT2D eigenvalue weighted by atomic mass is 19.1. The largest absolute Gasteiger partial charge is 0.360 e. The van der Waals surface area contributed by atoms with E-state index in [1.165, 1.54) is 18.1 Å². The highest BCUT2D eigenvalue weighted by molar-refractivity contribution is 5.64. The lowest BCUT2D eigenvalue weighted by Gasteiger charge is -2.31. The lowest BCUT2D eigenvalue weighted by molar-refractivity contribution is 0.167. The Morgan fingerprint density at radius 2 is 1.86 bits per heavy atom. The average Bonchev–Trinajstić information content (AvgIpc) is 3.36. The van der Waals surface area contributed by atoms with Crippen molar-refractivity contribution in [3.63, 3.8) is 0 Å². The lowest BCUT2D eigenvalue weighted by atomic mass is 9.99. The molecule has 0 amide bonds. The van der Waals surface area contributed by atoms with Gasteiger partial charge in [0.25, 0.3) is 0 Å². The Bertz CT molecular complexity index is 955. The van der Waals surface area contributed by atoms with Gasteiger partial charge in [-0.05, 0) is 24.1 Å². The molecule has 28 heavy (non-hydrogen) atoms. The Labute approximate surface area is 164 Å². The van der Waals surface area contributed by atoms with Gasteiger partial charge in [-0.2, -0.15) is 0 Å². The molecule has 2 aromatic carbocycles. The molecule has 0 bridgehead atoms. The van der Waals surface area contributed by atoms with Crippen LogP contribution in [0.25, 0.3) is 11.3 Å². The van der Waals surface area contributed by atoms with Gasteiger partial charge in [-0.25, -0.2) is 4.39 Å². The molecule has 144 valence electrons. The van der Waals surface area contributed by atoms with Crippen molar-refractivity contribution in [2.75, 3.05) is 19.6 Å². The minimum Gasteiger partial charge on any atom is -0.360 e. The van der Waals surface area contributed by atoms with Crippen molar-refractivity contribution >= 4 is 0 Å². The number of benzene rings is 2. The molecule has 5 rings (SSSR count). The first-order valence-corrected chi connectivity index (χ1v) is 10.0. The predicted molar refractivity (Wildman–Crippen MR) is 106 cm³/mol. The molecule has 0 N–H and O–H groups in total. The van der Waals surface area contributed by atoms with Gasteiger partial charge < -0.3 is 4.52 Å². The fraction of sp³-hybridized carbons (Fsp3) is 0.348. The molecule has 0 aliphatic carbocycles. The molecule has 2 aliphatic heterocycles. The molecule has 1 saturated heterocycles. The topological polar surface area (TPSA) is 32.5 Å². The van der Waals surface area contributed by atoms with E-state index in [1.807, 2.05) is 6.07 Å². The number of rotatable bonds is 4. The van der Waals surface area contributed by atoms with Crippen molar-refractivity contribution in [3.8, 4) is 11.3 Å². The summed E-state index contributed by atoms with van der Waals surface area (Å²) in [5.41, 5.74) is 3.62. The van der Waals surface area contributed by atoms with Crippen LogP contribution in [0.3, 0.4) is 0 Å². The van der Waals surface area contributed by atoms with E-state index in [-0.39, 0.29) is 5.82 Å². The highest BCUT2D eigenvalue weighted by Crippen LogP contribution is 2.33. The van der Waals surface area contributed by atoms with Crippen molar-refractivity contribution in [1.82, 2.24) is 15.0 Å². The van der Waals surface area contributed by atoms with Gasteiger partial charge in [0.1, 0.15) is 17.3 Å². The number of likely N-dealkylation sites (tertiary alicyclic amines) is 1. The second-order valence-corrected chi connectivity index (χ2v) is 7.80. The predicted octanol–water partition coefficient (Wildman–Crippen LogP) is 4.11. The van der Waals surface area contributed by atoms with Crippen molar-refractivity contribution in [2.45, 2.75) is 32.0 Å². The lowest BCUT2D eigenvalue weighted by Crippen LogP contribution is -2.40. The summed E-state index contributed by atoms with van der Waals surface area (Å²) in [5.74, 6) is 0.666. The van der Waals surface area contributed by atoms with E-state index in [0.29, 0.717) is 17.3 Å². The van der Waals surface area contributed by atoms with Gasteiger partial charge in [0, 0.05) is 56.3 Å². The van der Waals surface area contributed by atoms with E-state index in [9.17, 15) is 4.39 Å². The third kappa shape index (κ3) is 3.36. The standard InChI is InChI=1S/C23H24FN3O/c24-21-9-5-4-8-19(21)23-20-16-27(13-11-22(20)28-25-23)18-10-12-26(15-18)14-17-6-2-1-3-7-17/h1-9,18H,10-16H2. The fourth-order valence-electron chi connectivity index (χ4n) is 4.50. The van der Waals surface area contributed by atoms with Crippen molar-refractivity contribution < 1.29 is 8.91 Å². The second kappa shape index (κ2) is 7.49. The van der Waals surface area contributed by atoms with Crippen LogP contribution in [0.1, 0.15) is 23.3 Å². The molecule has 1 atom stereocenters. The maximum Gasteiger partial charge on any atom is 0.143 e. The molecule has 0 radical (unpaired) electrons. The van der Waals surface area contributed by atoms with Gasteiger partial charge in [0.15, 0.2) is 0 Å². The minimum absolute atomic E-state index is 0.245. The summed E-state index contributed by atoms with van der Waals surface area (Å²) in [4.78, 5) is 5.05. The molecule has 3 heterocycles. The van der Waals surface area contributed by atoms with Gasteiger partial charge >= 0.3 is 0 Å². The molecule has 1 unspecified atom stereocenters. The molecule has 1 aromatic heterocycles. The third-order valence-corrected chi connectivity index (χ3v) is 6.00. The number of halogens is 1. The number of nitrogens with zero attached hydrogens (tertiary/aromatic N) is 3. The third-order valence-electron chi connectivity index (χ3n) is 6.00. The molecular formula is C23H24FN3O. The number of aromatic nitrogens is 1. The monoisotopic (exact) mass is 377 g/mol. The Kier molecular flexibility index (Phi) is 4.71. The zero-order valence-corrected chi connectivity index (χ0v) is 15.9. The average molecular weight is 377 g/mol. The van der Waals surface area contributed by atoms with Gasteiger partial charge in [-0.3, -0.25) is 9.80 Å². The number of hydrogen-bond donors (Lipinski definition) is 0. The summed E-state index contributed by atoms with van der Waals surface area (Å²) >= 11 is 0. The van der Waals surface area contributed by atoms with Crippen LogP contribution < -0.4 is 0 Å². The summed E-state index contributed by atoms with van der Waals surface area (Å²) < 4.78 is 19.8. The first-order valence-electron chi connectivity index (χ1n) is 10.0. The van der Waals surface area contributed by atoms with Crippen LogP contribution in [0.5, 0.6) is 0 Å². The Morgan fingerprint density at radius 3 is 2.71 bits per heavy atom. The SMILES string of the molecule is Fc1ccccc1-c1noc2c1CN(C1CCN(Cc3ccccc3)C1)CC2. The van der Waals surface area contributed by atoms with E-state index in [0.717, 1.165) is 50.5 Å². The summed E-state index contributed by atoms with van der Waals surface area (Å²) in [5, 5.41) is 4.21. The Balaban J connectivity index is 1.30. The molecule has 3 aromatic rings. The van der Waals surface area contributed by atoms with Crippen LogP contribution in [0.15, 0.2) is 59.1 Å². The van der Waals surface area contributed by atoms with Crippen LogP contribution >= 0.6 is 0 Å². The fourth-order valence-corrected chi connectivity index (χ4v) is 4.50. The van der Waals surface area contributed by atoms with Crippen LogP contribution in [-0.2, 0) is 19.5 Å². The molecule has 5 heteroatoms. The highest BCUT2D eigenvalue weighted by Gasteiger charge is 2.33. The van der Waals surface area contributed by atoms with Crippen LogP contribution in [0.2, 0.25) is 0 Å². The van der Waals surface area contributed by atoms with Gasteiger partial charge in [-0.15, -0.1) is 0 Å². The smallest absolute Gasteiger partial charge is 0.143 e. The van der Waals surface area contributed by atoms with E-state index in [1.54, 1.807) is 12.1 Å². The van der Waals surface area contributed by atoms with E-state index in [4.69, 9.17) is 4.52 Å². The summed E-state index contributed by atoms with van der Waals surface area (Å²) in [7, 11) is 0. The minimum atomic E-state index is -0.245. The maximum atomic E-state index is 14.3. The number of fused-ring (bicyclic) bond motifs is 1. The van der Waals surface area contributed by atoms with Gasteiger partial charge in [0.2, 0.25) is 0 Å². The molecule has 0 saturated carbocycles. The summed E-state index contributed by atoms with van der Waals surface area (Å²) in [6.45, 7) is 4.95. The van der Waals surface area contributed by atoms with E-state index >= 15 is 0 Å². The first kappa shape index (κ1) is 17.6. The van der Waals surface area contributed by atoms with Crippen molar-refractivity contribution in [2.24, 2.45) is 0 Å². The van der Waals surface area contributed by atoms with Gasteiger partial charge in [0.05, 0.1) is 0 Å². The van der Waals surface area contributed by atoms with E-state index < -0.39 is 0 Å². The Morgan fingerprint density at radius 1 is 1.04 bits per heavy atom. The summed E-state index contributed by atoms with van der Waals surface area (Å²) in [6.07, 6.45) is 2.01. The van der Waals surface area contributed by atoms with Crippen molar-refractivity contribution in [3.05, 3.63) is 77.3 Å². The van der Waals surface area contributed by atoms with Crippen LogP contribution in [0, 0.1) is 5.82 Å². The molecule has 0 spiro atoms. The molecule has 4 nitrogen and oxygen atoms in total.